The van der Waals surface area contributed by atoms with Crippen LogP contribution in [-0.2, 0) is 7.05 Å². The number of aromatic amines is 1. The lowest BCUT2D eigenvalue weighted by atomic mass is 9.92. The van der Waals surface area contributed by atoms with Gasteiger partial charge in [-0.2, -0.15) is 5.21 Å². The Hall–Kier alpha value is -4.88. The van der Waals surface area contributed by atoms with E-state index in [-0.39, 0.29) is 29.9 Å². The van der Waals surface area contributed by atoms with E-state index >= 15 is 0 Å². The maximum atomic E-state index is 13.4. The average molecular weight is 502 g/mol. The van der Waals surface area contributed by atoms with Crippen molar-refractivity contribution >= 4 is 22.6 Å². The molecule has 14 heteroatoms. The first-order valence-electron chi connectivity index (χ1n) is 11.8. The normalized spacial score (nSPS) is 13.6. The fourth-order valence-electron chi connectivity index (χ4n) is 4.36. The predicted molar refractivity (Wildman–Crippen MR) is 130 cm³/mol. The molecule has 14 nitrogen and oxygen atoms in total. The maximum Gasteiger partial charge on any atom is 0.296 e. The number of tetrazole rings is 1. The Labute approximate surface area is 208 Å². The summed E-state index contributed by atoms with van der Waals surface area (Å²) < 4.78 is 13.8. The van der Waals surface area contributed by atoms with Gasteiger partial charge in [0.1, 0.15) is 12.0 Å². The smallest absolute Gasteiger partial charge is 0.296 e. The number of H-pyrrole nitrogens is 1. The first-order valence-corrected chi connectivity index (χ1v) is 11.8. The highest BCUT2D eigenvalue weighted by atomic mass is 16.5. The molecule has 0 unspecified atom stereocenters. The van der Waals surface area contributed by atoms with Crippen LogP contribution in [0.2, 0.25) is 0 Å². The summed E-state index contributed by atoms with van der Waals surface area (Å²) in [6.07, 6.45) is 5.61. The summed E-state index contributed by atoms with van der Waals surface area (Å²) in [6, 6.07) is 5.84. The third-order valence-electron chi connectivity index (χ3n) is 6.38. The first-order chi connectivity index (χ1) is 18.0. The molecule has 0 saturated heterocycles. The second-order valence-corrected chi connectivity index (χ2v) is 8.61. The zero-order chi connectivity index (χ0) is 25.5. The molecule has 1 aliphatic rings. The molecule has 37 heavy (non-hydrogen) atoms. The lowest BCUT2D eigenvalue weighted by molar-refractivity contribution is 0.101. The van der Waals surface area contributed by atoms with Crippen LogP contribution in [0.4, 0.5) is 5.69 Å². The van der Waals surface area contributed by atoms with Gasteiger partial charge >= 0.3 is 0 Å². The predicted octanol–water partition coefficient (Wildman–Crippen LogP) is 2.34. The minimum absolute atomic E-state index is 0.145. The number of carbonyl (C=O) groups excluding carboxylic acids is 1. The van der Waals surface area contributed by atoms with E-state index in [1.165, 1.54) is 17.0 Å². The molecule has 0 radical (unpaired) electrons. The molecule has 2 N–H and O–H groups in total. The van der Waals surface area contributed by atoms with Gasteiger partial charge in [-0.15, -0.1) is 10.2 Å². The SMILES string of the molecule is CCOc1c(C(=O)Nc2cnoc2)nc(-c2nc3ccc(-c4nn[nH]n4)cc3n2C2CCC2)n(C)c1=O. The summed E-state index contributed by atoms with van der Waals surface area (Å²) in [5.74, 6) is 0.411. The molecule has 0 bridgehead atoms. The Morgan fingerprint density at radius 1 is 1.27 bits per heavy atom. The molecule has 1 saturated carbocycles. The second kappa shape index (κ2) is 8.96. The van der Waals surface area contributed by atoms with Gasteiger partial charge in [-0.05, 0) is 49.6 Å². The fourth-order valence-corrected chi connectivity index (χ4v) is 4.36. The Kier molecular flexibility index (Phi) is 5.47. The summed E-state index contributed by atoms with van der Waals surface area (Å²) >= 11 is 0. The van der Waals surface area contributed by atoms with E-state index in [1.54, 1.807) is 14.0 Å². The number of fused-ring (bicyclic) bond motifs is 1. The van der Waals surface area contributed by atoms with Gasteiger partial charge in [-0.1, -0.05) is 5.16 Å². The van der Waals surface area contributed by atoms with Gasteiger partial charge in [0.05, 0.1) is 23.8 Å². The number of nitrogens with zero attached hydrogens (tertiary/aromatic N) is 8. The van der Waals surface area contributed by atoms with Crippen molar-refractivity contribution in [2.24, 2.45) is 7.05 Å². The summed E-state index contributed by atoms with van der Waals surface area (Å²) in [6.45, 7) is 1.91. The Morgan fingerprint density at radius 3 is 2.81 bits per heavy atom. The number of nitrogens with one attached hydrogen (secondary N) is 2. The molecule has 1 fully saturated rings. The van der Waals surface area contributed by atoms with Crippen LogP contribution in [0, 0.1) is 0 Å². The number of benzene rings is 1. The molecule has 0 aliphatic heterocycles. The number of anilines is 1. The molecular weight excluding hydrogens is 480 g/mol. The lowest BCUT2D eigenvalue weighted by Gasteiger charge is -2.29. The summed E-state index contributed by atoms with van der Waals surface area (Å²) in [4.78, 5) is 36.0. The van der Waals surface area contributed by atoms with Crippen molar-refractivity contribution < 1.29 is 14.1 Å². The first kappa shape index (κ1) is 22.6. The topological polar surface area (TPSA) is 172 Å². The van der Waals surface area contributed by atoms with Gasteiger partial charge in [0.15, 0.2) is 17.3 Å². The van der Waals surface area contributed by atoms with Crippen molar-refractivity contribution in [2.45, 2.75) is 32.2 Å². The van der Waals surface area contributed by atoms with E-state index in [4.69, 9.17) is 14.2 Å². The van der Waals surface area contributed by atoms with Crippen LogP contribution in [0.5, 0.6) is 5.75 Å². The van der Waals surface area contributed by atoms with Crippen molar-refractivity contribution in [3.8, 4) is 28.8 Å². The highest BCUT2D eigenvalue weighted by Gasteiger charge is 2.30. The van der Waals surface area contributed by atoms with Gasteiger partial charge in [-0.3, -0.25) is 14.2 Å². The number of aromatic nitrogens is 9. The van der Waals surface area contributed by atoms with Crippen LogP contribution in [0.1, 0.15) is 42.7 Å². The van der Waals surface area contributed by atoms with Crippen molar-refractivity contribution in [1.82, 2.24) is 44.9 Å². The van der Waals surface area contributed by atoms with Crippen LogP contribution in [-0.4, -0.2) is 57.4 Å². The molecule has 4 heterocycles. The Balaban J connectivity index is 1.55. The van der Waals surface area contributed by atoms with Crippen LogP contribution < -0.4 is 15.6 Å². The van der Waals surface area contributed by atoms with Gasteiger partial charge in [-0.25, -0.2) is 9.97 Å². The number of rotatable bonds is 7. The third kappa shape index (κ3) is 3.82. The van der Waals surface area contributed by atoms with Gasteiger partial charge in [0.2, 0.25) is 11.6 Å². The Morgan fingerprint density at radius 2 is 2.14 bits per heavy atom. The fraction of sp³-hybridized carbons (Fsp3) is 0.304. The number of hydrogen-bond acceptors (Lipinski definition) is 10. The molecule has 4 aromatic heterocycles. The lowest BCUT2D eigenvalue weighted by Crippen LogP contribution is -2.29. The number of ether oxygens (including phenoxy) is 1. The number of imidazole rings is 1. The molecule has 1 amide bonds. The number of carbonyl (C=O) groups is 1. The van der Waals surface area contributed by atoms with Crippen LogP contribution in [0.3, 0.4) is 0 Å². The molecule has 6 rings (SSSR count). The van der Waals surface area contributed by atoms with E-state index in [2.05, 4.69) is 40.6 Å². The largest absolute Gasteiger partial charge is 0.486 e. The molecule has 5 aromatic rings. The molecule has 188 valence electrons. The average Bonchev–Trinajstić information content (AvgIpc) is 3.63. The zero-order valence-electron chi connectivity index (χ0n) is 20.0. The zero-order valence-corrected chi connectivity index (χ0v) is 20.0. The van der Waals surface area contributed by atoms with Crippen molar-refractivity contribution in [3.63, 3.8) is 0 Å². The second-order valence-electron chi connectivity index (χ2n) is 8.61. The minimum atomic E-state index is -0.628. The van der Waals surface area contributed by atoms with Crippen molar-refractivity contribution in [3.05, 3.63) is 46.7 Å². The van der Waals surface area contributed by atoms with Crippen LogP contribution in [0.15, 0.2) is 40.0 Å². The van der Waals surface area contributed by atoms with E-state index < -0.39 is 11.5 Å². The minimum Gasteiger partial charge on any atom is -0.486 e. The summed E-state index contributed by atoms with van der Waals surface area (Å²) in [5.41, 5.74) is 2.01. The maximum absolute atomic E-state index is 13.4. The molecule has 0 atom stereocenters. The summed E-state index contributed by atoms with van der Waals surface area (Å²) in [7, 11) is 1.59. The molecule has 1 aliphatic carbocycles. The summed E-state index contributed by atoms with van der Waals surface area (Å²) in [5, 5.41) is 20.5. The molecular formula is C23H22N10O4. The standard InChI is InChI=1S/C23H22N10O4/c1-3-36-18-17(22(34)25-13-10-24-37-11-13)27-20(32(2)23(18)35)21-26-15-8-7-12(19-28-30-31-29-19)9-16(15)33(21)14-5-4-6-14/h7-11,14H,3-6H2,1-2H3,(H,25,34)(H,28,29,30,31). The van der Waals surface area contributed by atoms with E-state index in [0.717, 1.165) is 30.3 Å². The van der Waals surface area contributed by atoms with Crippen molar-refractivity contribution in [1.29, 1.82) is 0 Å². The van der Waals surface area contributed by atoms with Gasteiger partial charge < -0.3 is 19.1 Å². The quantitative estimate of drug-likeness (QED) is 0.336. The molecule has 1 aromatic carbocycles. The Bertz CT molecular complexity index is 1650. The van der Waals surface area contributed by atoms with E-state index in [0.29, 0.717) is 22.9 Å². The van der Waals surface area contributed by atoms with Gasteiger partial charge in [0, 0.05) is 18.7 Å². The number of amides is 1. The molecule has 0 spiro atoms. The van der Waals surface area contributed by atoms with Crippen molar-refractivity contribution in [2.75, 3.05) is 11.9 Å². The van der Waals surface area contributed by atoms with Crippen LogP contribution in [0.25, 0.3) is 34.1 Å². The monoisotopic (exact) mass is 502 g/mol. The van der Waals surface area contributed by atoms with E-state index in [9.17, 15) is 9.59 Å². The van der Waals surface area contributed by atoms with E-state index in [1.807, 2.05) is 18.2 Å². The highest BCUT2D eigenvalue weighted by Crippen LogP contribution is 2.39. The third-order valence-corrected chi connectivity index (χ3v) is 6.38. The van der Waals surface area contributed by atoms with Crippen LogP contribution >= 0.6 is 0 Å². The van der Waals surface area contributed by atoms with Gasteiger partial charge in [0.25, 0.3) is 11.5 Å². The highest BCUT2D eigenvalue weighted by molar-refractivity contribution is 6.04. The number of hydrogen-bond donors (Lipinski definition) is 2.